The number of nitrogens with zero attached hydrogens (tertiary/aromatic N) is 1. The first-order valence-corrected chi connectivity index (χ1v) is 6.39. The standard InChI is InChI=1S/C13H13BrN2O2/c1-9-15-12(8-18-9)5-6-13(17)16-11-4-2-3-10(14)7-11/h2-4,7-8H,5-6H2,1H3,(H,16,17). The number of hydrogen-bond acceptors (Lipinski definition) is 3. The van der Waals surface area contributed by atoms with Crippen LogP contribution in [0.4, 0.5) is 5.69 Å². The van der Waals surface area contributed by atoms with E-state index >= 15 is 0 Å². The first-order valence-electron chi connectivity index (χ1n) is 5.60. The Morgan fingerprint density at radius 3 is 3.00 bits per heavy atom. The molecule has 0 aliphatic heterocycles. The van der Waals surface area contributed by atoms with E-state index in [1.54, 1.807) is 13.2 Å². The van der Waals surface area contributed by atoms with Gasteiger partial charge in [-0.1, -0.05) is 22.0 Å². The van der Waals surface area contributed by atoms with Crippen LogP contribution in [0.1, 0.15) is 18.0 Å². The minimum atomic E-state index is -0.0336. The highest BCUT2D eigenvalue weighted by Crippen LogP contribution is 2.16. The van der Waals surface area contributed by atoms with Gasteiger partial charge in [0.1, 0.15) is 6.26 Å². The minimum Gasteiger partial charge on any atom is -0.449 e. The van der Waals surface area contributed by atoms with Crippen LogP contribution in [0, 0.1) is 6.92 Å². The van der Waals surface area contributed by atoms with Crippen molar-refractivity contribution in [2.75, 3.05) is 5.32 Å². The maximum absolute atomic E-state index is 11.7. The average Bonchev–Trinajstić information content (AvgIpc) is 2.73. The highest BCUT2D eigenvalue weighted by Gasteiger charge is 2.06. The lowest BCUT2D eigenvalue weighted by Crippen LogP contribution is -2.12. The molecule has 0 atom stereocenters. The van der Waals surface area contributed by atoms with Crippen LogP contribution in [-0.2, 0) is 11.2 Å². The summed E-state index contributed by atoms with van der Waals surface area (Å²) in [6, 6.07) is 7.50. The van der Waals surface area contributed by atoms with Crippen molar-refractivity contribution in [1.29, 1.82) is 0 Å². The first-order chi connectivity index (χ1) is 8.63. The van der Waals surface area contributed by atoms with E-state index in [0.29, 0.717) is 18.7 Å². The molecule has 1 N–H and O–H groups in total. The van der Waals surface area contributed by atoms with Crippen LogP contribution in [0.5, 0.6) is 0 Å². The van der Waals surface area contributed by atoms with Crippen molar-refractivity contribution in [3.05, 3.63) is 46.6 Å². The molecule has 0 spiro atoms. The molecule has 18 heavy (non-hydrogen) atoms. The molecule has 0 saturated carbocycles. The van der Waals surface area contributed by atoms with Gasteiger partial charge in [0.15, 0.2) is 5.89 Å². The Bertz CT molecular complexity index is 551. The number of anilines is 1. The van der Waals surface area contributed by atoms with Crippen LogP contribution in [0.15, 0.2) is 39.4 Å². The lowest BCUT2D eigenvalue weighted by Gasteiger charge is -2.04. The van der Waals surface area contributed by atoms with Gasteiger partial charge in [0.2, 0.25) is 5.91 Å². The number of aromatic nitrogens is 1. The molecule has 0 unspecified atom stereocenters. The van der Waals surface area contributed by atoms with Crippen LogP contribution in [-0.4, -0.2) is 10.9 Å². The summed E-state index contributed by atoms with van der Waals surface area (Å²) in [5.74, 6) is 0.589. The van der Waals surface area contributed by atoms with Gasteiger partial charge in [-0.15, -0.1) is 0 Å². The van der Waals surface area contributed by atoms with Crippen LogP contribution in [0.2, 0.25) is 0 Å². The van der Waals surface area contributed by atoms with Crippen molar-refractivity contribution in [2.24, 2.45) is 0 Å². The molecule has 0 bridgehead atoms. The van der Waals surface area contributed by atoms with E-state index in [2.05, 4.69) is 26.2 Å². The number of nitrogens with one attached hydrogen (secondary N) is 1. The van der Waals surface area contributed by atoms with E-state index in [4.69, 9.17) is 4.42 Å². The van der Waals surface area contributed by atoms with Crippen molar-refractivity contribution in [3.8, 4) is 0 Å². The van der Waals surface area contributed by atoms with Crippen molar-refractivity contribution in [2.45, 2.75) is 19.8 Å². The van der Waals surface area contributed by atoms with Gasteiger partial charge in [-0.2, -0.15) is 0 Å². The zero-order valence-corrected chi connectivity index (χ0v) is 11.5. The summed E-state index contributed by atoms with van der Waals surface area (Å²) in [4.78, 5) is 15.9. The first kappa shape index (κ1) is 12.8. The van der Waals surface area contributed by atoms with Crippen molar-refractivity contribution < 1.29 is 9.21 Å². The number of aryl methyl sites for hydroxylation is 2. The number of halogens is 1. The zero-order valence-electron chi connectivity index (χ0n) is 9.94. The van der Waals surface area contributed by atoms with Gasteiger partial charge in [-0.05, 0) is 18.2 Å². The highest BCUT2D eigenvalue weighted by molar-refractivity contribution is 9.10. The molecule has 2 rings (SSSR count). The molecule has 0 saturated heterocycles. The van der Waals surface area contributed by atoms with E-state index in [-0.39, 0.29) is 5.91 Å². The van der Waals surface area contributed by atoms with Gasteiger partial charge in [0, 0.05) is 29.9 Å². The highest BCUT2D eigenvalue weighted by atomic mass is 79.9. The molecule has 0 radical (unpaired) electrons. The lowest BCUT2D eigenvalue weighted by molar-refractivity contribution is -0.116. The molecular weight excluding hydrogens is 296 g/mol. The largest absolute Gasteiger partial charge is 0.449 e. The summed E-state index contributed by atoms with van der Waals surface area (Å²) in [5, 5.41) is 2.83. The monoisotopic (exact) mass is 308 g/mol. The van der Waals surface area contributed by atoms with E-state index in [1.165, 1.54) is 0 Å². The molecule has 2 aromatic rings. The van der Waals surface area contributed by atoms with E-state index in [9.17, 15) is 4.79 Å². The molecule has 4 nitrogen and oxygen atoms in total. The summed E-state index contributed by atoms with van der Waals surface area (Å²) < 4.78 is 6.02. The van der Waals surface area contributed by atoms with Gasteiger partial charge in [-0.25, -0.2) is 4.98 Å². The Morgan fingerprint density at radius 2 is 2.33 bits per heavy atom. The Morgan fingerprint density at radius 1 is 1.50 bits per heavy atom. The third kappa shape index (κ3) is 3.70. The second-order valence-corrected chi connectivity index (χ2v) is 4.83. The summed E-state index contributed by atoms with van der Waals surface area (Å²) >= 11 is 3.36. The average molecular weight is 309 g/mol. The SMILES string of the molecule is Cc1nc(CCC(=O)Nc2cccc(Br)c2)co1. The minimum absolute atomic E-state index is 0.0336. The summed E-state index contributed by atoms with van der Waals surface area (Å²) in [5.41, 5.74) is 1.59. The Labute approximate surface area is 114 Å². The van der Waals surface area contributed by atoms with Crippen molar-refractivity contribution in [3.63, 3.8) is 0 Å². The molecule has 0 fully saturated rings. The van der Waals surface area contributed by atoms with Crippen LogP contribution in [0.3, 0.4) is 0 Å². The molecule has 1 amide bonds. The van der Waals surface area contributed by atoms with Crippen molar-refractivity contribution in [1.82, 2.24) is 4.98 Å². The van der Waals surface area contributed by atoms with E-state index < -0.39 is 0 Å². The zero-order chi connectivity index (χ0) is 13.0. The second kappa shape index (κ2) is 5.82. The Kier molecular flexibility index (Phi) is 4.15. The number of carbonyl (C=O) groups is 1. The predicted octanol–water partition coefficient (Wildman–Crippen LogP) is 3.32. The fraction of sp³-hybridized carbons (Fsp3) is 0.231. The van der Waals surface area contributed by atoms with Gasteiger partial charge in [0.25, 0.3) is 0 Å². The van der Waals surface area contributed by atoms with Gasteiger partial charge < -0.3 is 9.73 Å². The number of rotatable bonds is 4. The fourth-order valence-corrected chi connectivity index (χ4v) is 1.95. The number of hydrogen-bond donors (Lipinski definition) is 1. The number of amides is 1. The lowest BCUT2D eigenvalue weighted by atomic mass is 10.2. The third-order valence-corrected chi connectivity index (χ3v) is 2.88. The Balaban J connectivity index is 1.85. The quantitative estimate of drug-likeness (QED) is 0.942. The maximum Gasteiger partial charge on any atom is 0.224 e. The molecule has 0 aliphatic rings. The fourth-order valence-electron chi connectivity index (χ4n) is 1.55. The predicted molar refractivity (Wildman–Crippen MR) is 72.3 cm³/mol. The van der Waals surface area contributed by atoms with Crippen molar-refractivity contribution >= 4 is 27.5 Å². The number of carbonyl (C=O) groups excluding carboxylic acids is 1. The van der Waals surface area contributed by atoms with E-state index in [1.807, 2.05) is 24.3 Å². The normalized spacial score (nSPS) is 10.3. The van der Waals surface area contributed by atoms with Crippen LogP contribution >= 0.6 is 15.9 Å². The number of benzene rings is 1. The molecular formula is C13H13BrN2O2. The number of oxazole rings is 1. The van der Waals surface area contributed by atoms with Gasteiger partial charge in [0.05, 0.1) is 5.69 Å². The van der Waals surface area contributed by atoms with Gasteiger partial charge in [-0.3, -0.25) is 4.79 Å². The third-order valence-electron chi connectivity index (χ3n) is 2.38. The molecule has 94 valence electrons. The second-order valence-electron chi connectivity index (χ2n) is 3.92. The summed E-state index contributed by atoms with van der Waals surface area (Å²) in [6.45, 7) is 1.78. The smallest absolute Gasteiger partial charge is 0.224 e. The van der Waals surface area contributed by atoms with Crippen LogP contribution in [0.25, 0.3) is 0 Å². The van der Waals surface area contributed by atoms with E-state index in [0.717, 1.165) is 15.9 Å². The molecule has 1 heterocycles. The molecule has 0 aliphatic carbocycles. The Hall–Kier alpha value is -1.62. The maximum atomic E-state index is 11.7. The summed E-state index contributed by atoms with van der Waals surface area (Å²) in [6.07, 6.45) is 2.55. The molecule has 1 aromatic heterocycles. The molecule has 1 aromatic carbocycles. The van der Waals surface area contributed by atoms with Gasteiger partial charge >= 0.3 is 0 Å². The summed E-state index contributed by atoms with van der Waals surface area (Å²) in [7, 11) is 0. The topological polar surface area (TPSA) is 55.1 Å². The van der Waals surface area contributed by atoms with Crippen LogP contribution < -0.4 is 5.32 Å². The molecule has 5 heteroatoms.